The summed E-state index contributed by atoms with van der Waals surface area (Å²) in [6, 6.07) is 10.9. The summed E-state index contributed by atoms with van der Waals surface area (Å²) in [6.07, 6.45) is 5.39. The van der Waals surface area contributed by atoms with E-state index in [1.807, 2.05) is 19.1 Å². The summed E-state index contributed by atoms with van der Waals surface area (Å²) in [5.41, 5.74) is 3.07. The lowest BCUT2D eigenvalue weighted by atomic mass is 10.1. The van der Waals surface area contributed by atoms with Gasteiger partial charge in [0.25, 0.3) is 0 Å². The van der Waals surface area contributed by atoms with Gasteiger partial charge in [0.2, 0.25) is 0 Å². The fourth-order valence-corrected chi connectivity index (χ4v) is 4.71. The molecule has 5 rings (SSSR count). The lowest BCUT2D eigenvalue weighted by molar-refractivity contribution is 0.0183. The normalized spacial score (nSPS) is 17.8. The van der Waals surface area contributed by atoms with Crippen molar-refractivity contribution in [2.45, 2.75) is 38.3 Å². The van der Waals surface area contributed by atoms with Gasteiger partial charge in [-0.15, -0.1) is 0 Å². The third-order valence-electron chi connectivity index (χ3n) is 6.84. The first kappa shape index (κ1) is 25.2. The highest BCUT2D eigenvalue weighted by molar-refractivity contribution is 5.64. The molecule has 4 heterocycles. The molecule has 0 radical (unpaired) electrons. The zero-order valence-corrected chi connectivity index (χ0v) is 20.9. The number of benzene rings is 1. The number of hydrogen-bond acceptors (Lipinski definition) is 8. The molecule has 2 saturated heterocycles. The molecule has 0 spiro atoms. The van der Waals surface area contributed by atoms with E-state index >= 15 is 0 Å². The largest absolute Gasteiger partial charge is 0.489 e. The monoisotopic (exact) mass is 503 g/mol. The minimum atomic E-state index is -0.327. The first-order valence-corrected chi connectivity index (χ1v) is 12.7. The van der Waals surface area contributed by atoms with Crippen LogP contribution in [-0.4, -0.2) is 65.5 Å². The third-order valence-corrected chi connectivity index (χ3v) is 6.84. The second-order valence-corrected chi connectivity index (χ2v) is 9.32. The maximum atomic E-state index is 15.0. The molecule has 0 N–H and O–H groups in total. The van der Waals surface area contributed by atoms with Crippen LogP contribution in [0.2, 0.25) is 0 Å². The molecule has 0 amide bonds. The number of aromatic nitrogens is 3. The zero-order valence-electron chi connectivity index (χ0n) is 20.9. The van der Waals surface area contributed by atoms with Crippen LogP contribution in [0.1, 0.15) is 48.5 Å². The van der Waals surface area contributed by atoms with Gasteiger partial charge in [0.15, 0.2) is 0 Å². The molecule has 2 aliphatic heterocycles. The Labute approximate surface area is 216 Å². The lowest BCUT2D eigenvalue weighted by Gasteiger charge is -2.32. The Hall–Kier alpha value is -3.45. The fourth-order valence-electron chi connectivity index (χ4n) is 4.71. The molecule has 8 nitrogen and oxygen atoms in total. The van der Waals surface area contributed by atoms with E-state index in [1.54, 1.807) is 24.5 Å². The topological polar surface area (TPSA) is 93.4 Å². The average Bonchev–Trinajstić information content (AvgIpc) is 2.94. The molecule has 1 atom stereocenters. The number of ether oxygens (including phenoxy) is 3. The highest BCUT2D eigenvalue weighted by Crippen LogP contribution is 2.28. The van der Waals surface area contributed by atoms with Gasteiger partial charge in [-0.2, -0.15) is 5.26 Å². The van der Waals surface area contributed by atoms with E-state index in [-0.39, 0.29) is 18.0 Å². The van der Waals surface area contributed by atoms with E-state index in [0.717, 1.165) is 31.5 Å². The highest BCUT2D eigenvalue weighted by atomic mass is 19.1. The van der Waals surface area contributed by atoms with Crippen molar-refractivity contribution in [3.05, 3.63) is 71.2 Å². The Morgan fingerprint density at radius 3 is 2.65 bits per heavy atom. The quantitative estimate of drug-likeness (QED) is 0.476. The molecular formula is C28H30FN5O3. The van der Waals surface area contributed by atoms with Gasteiger partial charge in [-0.25, -0.2) is 14.4 Å². The van der Waals surface area contributed by atoms with Crippen molar-refractivity contribution in [1.82, 2.24) is 19.9 Å². The van der Waals surface area contributed by atoms with Crippen molar-refractivity contribution in [2.24, 2.45) is 0 Å². The lowest BCUT2D eigenvalue weighted by Crippen LogP contribution is -2.38. The molecule has 1 aromatic carbocycles. The summed E-state index contributed by atoms with van der Waals surface area (Å²) in [7, 11) is 0. The number of pyridine rings is 1. The molecule has 2 fully saturated rings. The average molecular weight is 504 g/mol. The number of morpholine rings is 1. The molecule has 1 unspecified atom stereocenters. The standard InChI is InChI=1S/C28H30FN5O3/c1-19(34-8-12-36-13-9-34)28-24(29)14-20(18-32-28)15-27-31-7-4-25(33-27)21-2-3-26(22(16-21)17-30)37-23-5-10-35-11-6-23/h2-4,7,14,16,18-19,23H,5-6,8-13,15H2,1H3. The first-order valence-electron chi connectivity index (χ1n) is 12.7. The SMILES string of the molecule is CC(c1ncc(Cc2nccc(-c3ccc(OC4CCOCC4)c(C#N)c3)n2)cc1F)N1CCOCC1. The van der Waals surface area contributed by atoms with Gasteiger partial charge in [0.1, 0.15) is 29.6 Å². The maximum absolute atomic E-state index is 15.0. The second kappa shape index (κ2) is 11.7. The van der Waals surface area contributed by atoms with Crippen molar-refractivity contribution >= 4 is 0 Å². The summed E-state index contributed by atoms with van der Waals surface area (Å²) in [5.74, 6) is 0.792. The van der Waals surface area contributed by atoms with Gasteiger partial charge in [-0.05, 0) is 42.8 Å². The number of rotatable bonds is 7. The molecule has 2 aromatic heterocycles. The summed E-state index contributed by atoms with van der Waals surface area (Å²) in [4.78, 5) is 15.7. The smallest absolute Gasteiger partial charge is 0.146 e. The van der Waals surface area contributed by atoms with Crippen molar-refractivity contribution in [1.29, 1.82) is 5.26 Å². The van der Waals surface area contributed by atoms with Crippen LogP contribution in [0.4, 0.5) is 4.39 Å². The number of nitriles is 1. The molecule has 9 heteroatoms. The van der Waals surface area contributed by atoms with E-state index < -0.39 is 0 Å². The fraction of sp³-hybridized carbons (Fsp3) is 0.429. The van der Waals surface area contributed by atoms with Crippen LogP contribution in [-0.2, 0) is 15.9 Å². The molecule has 0 saturated carbocycles. The Morgan fingerprint density at radius 1 is 1.11 bits per heavy atom. The third kappa shape index (κ3) is 6.10. The van der Waals surface area contributed by atoms with E-state index in [4.69, 9.17) is 14.2 Å². The highest BCUT2D eigenvalue weighted by Gasteiger charge is 2.23. The van der Waals surface area contributed by atoms with E-state index in [1.165, 1.54) is 6.07 Å². The minimum absolute atomic E-state index is 0.0506. The molecule has 0 bridgehead atoms. The van der Waals surface area contributed by atoms with Crippen LogP contribution in [0.15, 0.2) is 42.7 Å². The van der Waals surface area contributed by atoms with E-state index in [9.17, 15) is 9.65 Å². The Balaban J connectivity index is 1.30. The molecule has 192 valence electrons. The van der Waals surface area contributed by atoms with E-state index in [2.05, 4.69) is 25.9 Å². The summed E-state index contributed by atoms with van der Waals surface area (Å²) in [5, 5.41) is 9.70. The predicted molar refractivity (Wildman–Crippen MR) is 134 cm³/mol. The van der Waals surface area contributed by atoms with Gasteiger partial charge in [0.05, 0.1) is 49.4 Å². The van der Waals surface area contributed by atoms with E-state index in [0.29, 0.717) is 66.9 Å². The predicted octanol–water partition coefficient (Wildman–Crippen LogP) is 4.09. The van der Waals surface area contributed by atoms with Crippen LogP contribution in [0.25, 0.3) is 11.3 Å². The number of hydrogen-bond donors (Lipinski definition) is 0. The van der Waals surface area contributed by atoms with Crippen LogP contribution in [0.3, 0.4) is 0 Å². The van der Waals surface area contributed by atoms with Crippen molar-refractivity contribution in [3.63, 3.8) is 0 Å². The number of nitrogens with zero attached hydrogens (tertiary/aromatic N) is 5. The van der Waals surface area contributed by atoms with Crippen molar-refractivity contribution in [2.75, 3.05) is 39.5 Å². The Kier molecular flexibility index (Phi) is 7.99. The van der Waals surface area contributed by atoms with Crippen molar-refractivity contribution in [3.8, 4) is 23.1 Å². The van der Waals surface area contributed by atoms with Crippen LogP contribution in [0, 0.1) is 17.1 Å². The maximum Gasteiger partial charge on any atom is 0.146 e. The van der Waals surface area contributed by atoms with Crippen LogP contribution < -0.4 is 4.74 Å². The summed E-state index contributed by atoms with van der Waals surface area (Å²) >= 11 is 0. The van der Waals surface area contributed by atoms with Gasteiger partial charge in [-0.3, -0.25) is 9.88 Å². The molecule has 0 aliphatic carbocycles. The second-order valence-electron chi connectivity index (χ2n) is 9.32. The summed E-state index contributed by atoms with van der Waals surface area (Å²) < 4.78 is 31.8. The zero-order chi connectivity index (χ0) is 25.6. The first-order chi connectivity index (χ1) is 18.1. The summed E-state index contributed by atoms with van der Waals surface area (Å²) in [6.45, 7) is 6.14. The molecule has 3 aromatic rings. The molecule has 37 heavy (non-hydrogen) atoms. The van der Waals surface area contributed by atoms with Gasteiger partial charge in [-0.1, -0.05) is 0 Å². The number of halogens is 1. The Bertz CT molecular complexity index is 1270. The molecular weight excluding hydrogens is 473 g/mol. The van der Waals surface area contributed by atoms with Crippen LogP contribution in [0.5, 0.6) is 5.75 Å². The van der Waals surface area contributed by atoms with Crippen molar-refractivity contribution < 1.29 is 18.6 Å². The Morgan fingerprint density at radius 2 is 1.89 bits per heavy atom. The molecule has 2 aliphatic rings. The van der Waals surface area contributed by atoms with Gasteiger partial charge >= 0.3 is 0 Å². The minimum Gasteiger partial charge on any atom is -0.489 e. The van der Waals surface area contributed by atoms with Gasteiger partial charge in [0, 0.05) is 50.3 Å². The van der Waals surface area contributed by atoms with Gasteiger partial charge < -0.3 is 14.2 Å². The van der Waals surface area contributed by atoms with Crippen LogP contribution >= 0.6 is 0 Å².